The van der Waals surface area contributed by atoms with Crippen molar-refractivity contribution in [1.29, 1.82) is 0 Å². The molecule has 1 aliphatic rings. The Morgan fingerprint density at radius 2 is 2.23 bits per heavy atom. The maximum Gasteiger partial charge on any atom is 0.125 e. The third kappa shape index (κ3) is 1.90. The first-order valence-corrected chi connectivity index (χ1v) is 5.47. The zero-order valence-electron chi connectivity index (χ0n) is 7.92. The average Bonchev–Trinajstić information content (AvgIpc) is 2.91. The molecule has 70 valence electrons. The van der Waals surface area contributed by atoms with Gasteiger partial charge in [-0.05, 0) is 41.6 Å². The number of hydrogen-bond acceptors (Lipinski definition) is 2. The maximum absolute atomic E-state index is 4.48. The van der Waals surface area contributed by atoms with Crippen molar-refractivity contribution < 1.29 is 0 Å². The van der Waals surface area contributed by atoms with Crippen molar-refractivity contribution >= 4 is 15.9 Å². The lowest BCUT2D eigenvalue weighted by atomic mass is 10.0. The molecule has 1 heterocycles. The summed E-state index contributed by atoms with van der Waals surface area (Å²) in [6, 6.07) is 0. The van der Waals surface area contributed by atoms with Crippen molar-refractivity contribution in [3.05, 3.63) is 22.2 Å². The Kier molecular flexibility index (Phi) is 2.37. The zero-order chi connectivity index (χ0) is 9.42. The molecule has 0 radical (unpaired) electrons. The molecule has 0 saturated heterocycles. The van der Waals surface area contributed by atoms with Crippen LogP contribution in [0.4, 0.5) is 0 Å². The van der Waals surface area contributed by atoms with E-state index in [1.807, 2.05) is 13.1 Å². The van der Waals surface area contributed by atoms with Gasteiger partial charge in [0.05, 0.1) is 10.2 Å². The lowest BCUT2D eigenvalue weighted by Gasteiger charge is -2.11. The molecule has 1 saturated carbocycles. The van der Waals surface area contributed by atoms with Gasteiger partial charge >= 0.3 is 0 Å². The van der Waals surface area contributed by atoms with Crippen LogP contribution in [0.3, 0.4) is 0 Å². The summed E-state index contributed by atoms with van der Waals surface area (Å²) in [5, 5.41) is 0. The molecule has 3 heteroatoms. The van der Waals surface area contributed by atoms with Crippen LogP contribution < -0.4 is 0 Å². The summed E-state index contributed by atoms with van der Waals surface area (Å²) >= 11 is 3.50. The fourth-order valence-corrected chi connectivity index (χ4v) is 2.16. The quantitative estimate of drug-likeness (QED) is 0.795. The second-order valence-electron chi connectivity index (χ2n) is 3.78. The summed E-state index contributed by atoms with van der Waals surface area (Å²) < 4.78 is 1.05. The number of rotatable bonds is 2. The third-order valence-electron chi connectivity index (χ3n) is 2.65. The van der Waals surface area contributed by atoms with E-state index in [-0.39, 0.29) is 0 Å². The smallest absolute Gasteiger partial charge is 0.125 e. The maximum atomic E-state index is 4.48. The van der Waals surface area contributed by atoms with Gasteiger partial charge in [0.15, 0.2) is 0 Å². The molecule has 2 nitrogen and oxygen atoms in total. The predicted octanol–water partition coefficient (Wildman–Crippen LogP) is 3.06. The number of halogens is 1. The second-order valence-corrected chi connectivity index (χ2v) is 4.63. The lowest BCUT2D eigenvalue weighted by molar-refractivity contribution is 0.634. The molecule has 13 heavy (non-hydrogen) atoms. The van der Waals surface area contributed by atoms with Crippen LogP contribution in [0.5, 0.6) is 0 Å². The molecule has 0 aliphatic heterocycles. The molecule has 1 fully saturated rings. The van der Waals surface area contributed by atoms with Crippen molar-refractivity contribution in [3.63, 3.8) is 0 Å². The summed E-state index contributed by atoms with van der Waals surface area (Å²) in [4.78, 5) is 8.62. The molecule has 1 unspecified atom stereocenters. The minimum atomic E-state index is 0.580. The Labute approximate surface area is 86.9 Å². The van der Waals surface area contributed by atoms with Gasteiger partial charge in [-0.1, -0.05) is 6.92 Å². The Bertz CT molecular complexity index is 321. The highest BCUT2D eigenvalue weighted by Crippen LogP contribution is 2.43. The highest BCUT2D eigenvalue weighted by Gasteiger charge is 2.30. The predicted molar refractivity (Wildman–Crippen MR) is 55.6 cm³/mol. The first kappa shape index (κ1) is 9.13. The van der Waals surface area contributed by atoms with Gasteiger partial charge < -0.3 is 0 Å². The zero-order valence-corrected chi connectivity index (χ0v) is 9.50. The second kappa shape index (κ2) is 3.37. The number of aromatic nitrogens is 2. The fraction of sp³-hybridized carbons (Fsp3) is 0.600. The first-order chi connectivity index (χ1) is 6.18. The summed E-state index contributed by atoms with van der Waals surface area (Å²) in [5.41, 5.74) is 1.18. The summed E-state index contributed by atoms with van der Waals surface area (Å²) in [6.45, 7) is 4.19. The molecule has 1 aromatic rings. The van der Waals surface area contributed by atoms with E-state index in [0.29, 0.717) is 5.92 Å². The van der Waals surface area contributed by atoms with Crippen LogP contribution in [0.25, 0.3) is 0 Å². The SMILES string of the molecule is Cc1ncc(Br)c(C(C)C2CC2)n1. The number of hydrogen-bond donors (Lipinski definition) is 0. The van der Waals surface area contributed by atoms with Gasteiger partial charge in [-0.2, -0.15) is 0 Å². The van der Waals surface area contributed by atoms with Crippen LogP contribution in [-0.4, -0.2) is 9.97 Å². The largest absolute Gasteiger partial charge is 0.240 e. The van der Waals surface area contributed by atoms with E-state index >= 15 is 0 Å². The van der Waals surface area contributed by atoms with Crippen molar-refractivity contribution in [2.45, 2.75) is 32.6 Å². The molecule has 0 amide bonds. The van der Waals surface area contributed by atoms with Crippen molar-refractivity contribution in [1.82, 2.24) is 9.97 Å². The van der Waals surface area contributed by atoms with E-state index < -0.39 is 0 Å². The van der Waals surface area contributed by atoms with Gasteiger partial charge in [0, 0.05) is 12.1 Å². The molecule has 2 rings (SSSR count). The van der Waals surface area contributed by atoms with Crippen molar-refractivity contribution in [3.8, 4) is 0 Å². The van der Waals surface area contributed by atoms with E-state index in [2.05, 4.69) is 32.8 Å². The number of aryl methyl sites for hydroxylation is 1. The van der Waals surface area contributed by atoms with E-state index in [9.17, 15) is 0 Å². The van der Waals surface area contributed by atoms with Crippen LogP contribution in [0.2, 0.25) is 0 Å². The van der Waals surface area contributed by atoms with Gasteiger partial charge in [-0.3, -0.25) is 0 Å². The minimum Gasteiger partial charge on any atom is -0.240 e. The van der Waals surface area contributed by atoms with Crippen molar-refractivity contribution in [2.75, 3.05) is 0 Å². The Morgan fingerprint density at radius 3 is 2.85 bits per heavy atom. The molecule has 0 spiro atoms. The summed E-state index contributed by atoms with van der Waals surface area (Å²) in [7, 11) is 0. The lowest BCUT2D eigenvalue weighted by Crippen LogP contribution is -2.03. The van der Waals surface area contributed by atoms with Gasteiger partial charge in [-0.15, -0.1) is 0 Å². The first-order valence-electron chi connectivity index (χ1n) is 4.67. The molecule has 0 aromatic carbocycles. The van der Waals surface area contributed by atoms with Gasteiger partial charge in [0.25, 0.3) is 0 Å². The number of nitrogens with zero attached hydrogens (tertiary/aromatic N) is 2. The van der Waals surface area contributed by atoms with Gasteiger partial charge in [0.1, 0.15) is 5.82 Å². The molecule has 0 N–H and O–H groups in total. The Hall–Kier alpha value is -0.440. The van der Waals surface area contributed by atoms with Crippen LogP contribution in [0.15, 0.2) is 10.7 Å². The van der Waals surface area contributed by atoms with Crippen molar-refractivity contribution in [2.24, 2.45) is 5.92 Å². The van der Waals surface area contributed by atoms with E-state index in [0.717, 1.165) is 16.2 Å². The highest BCUT2D eigenvalue weighted by atomic mass is 79.9. The Balaban J connectivity index is 2.31. The van der Waals surface area contributed by atoms with Gasteiger partial charge in [0.2, 0.25) is 0 Å². The molecular formula is C10H13BrN2. The molecule has 0 bridgehead atoms. The molecule has 1 aromatic heterocycles. The standard InChI is InChI=1S/C10H13BrN2/c1-6(8-3-4-8)10-9(11)5-12-7(2)13-10/h5-6,8H,3-4H2,1-2H3. The van der Waals surface area contributed by atoms with Crippen LogP contribution >= 0.6 is 15.9 Å². The molecule has 1 atom stereocenters. The minimum absolute atomic E-state index is 0.580. The third-order valence-corrected chi connectivity index (χ3v) is 3.26. The average molecular weight is 241 g/mol. The van der Waals surface area contributed by atoms with E-state index in [1.165, 1.54) is 18.5 Å². The van der Waals surface area contributed by atoms with Crippen LogP contribution in [0.1, 0.15) is 37.2 Å². The monoisotopic (exact) mass is 240 g/mol. The summed E-state index contributed by atoms with van der Waals surface area (Å²) in [6.07, 6.45) is 4.57. The highest BCUT2D eigenvalue weighted by molar-refractivity contribution is 9.10. The Morgan fingerprint density at radius 1 is 1.54 bits per heavy atom. The fourth-order valence-electron chi connectivity index (χ4n) is 1.61. The van der Waals surface area contributed by atoms with Crippen LogP contribution in [0, 0.1) is 12.8 Å². The van der Waals surface area contributed by atoms with E-state index in [1.54, 1.807) is 0 Å². The van der Waals surface area contributed by atoms with Crippen LogP contribution in [-0.2, 0) is 0 Å². The van der Waals surface area contributed by atoms with E-state index in [4.69, 9.17) is 0 Å². The van der Waals surface area contributed by atoms with Gasteiger partial charge in [-0.25, -0.2) is 9.97 Å². The normalized spacial score (nSPS) is 18.7. The molecular weight excluding hydrogens is 228 g/mol. The molecule has 1 aliphatic carbocycles. The topological polar surface area (TPSA) is 25.8 Å². The summed E-state index contributed by atoms with van der Waals surface area (Å²) in [5.74, 6) is 2.30.